The number of halogens is 1. The van der Waals surface area contributed by atoms with Crippen molar-refractivity contribution in [3.05, 3.63) is 45.6 Å². The molecule has 26 heavy (non-hydrogen) atoms. The van der Waals surface area contributed by atoms with Gasteiger partial charge in [-0.3, -0.25) is 4.90 Å². The highest BCUT2D eigenvalue weighted by Gasteiger charge is 2.31. The molecular weight excluding hydrogens is 368 g/mol. The van der Waals surface area contributed by atoms with E-state index in [9.17, 15) is 5.11 Å². The number of fused-ring (bicyclic) bond motifs is 1. The number of piperidine rings is 1. The molecule has 1 N–H and O–H groups in total. The van der Waals surface area contributed by atoms with E-state index in [0.29, 0.717) is 5.02 Å². The minimum absolute atomic E-state index is 0.0280. The molecule has 0 radical (unpaired) electrons. The quantitative estimate of drug-likeness (QED) is 0.710. The molecule has 1 fully saturated rings. The maximum absolute atomic E-state index is 10.9. The Labute approximate surface area is 162 Å². The minimum Gasteiger partial charge on any atom is -0.492 e. The van der Waals surface area contributed by atoms with Crippen molar-refractivity contribution < 1.29 is 5.11 Å². The van der Waals surface area contributed by atoms with E-state index in [1.807, 2.05) is 25.1 Å². The van der Waals surface area contributed by atoms with E-state index in [2.05, 4.69) is 28.0 Å². The second-order valence-corrected chi connectivity index (χ2v) is 8.49. The first-order valence-corrected chi connectivity index (χ1v) is 10.3. The molecule has 1 aliphatic rings. The van der Waals surface area contributed by atoms with Crippen LogP contribution in [0.2, 0.25) is 5.02 Å². The summed E-state index contributed by atoms with van der Waals surface area (Å²) in [5.74, 6) is 1.69. The number of aromatic nitrogens is 3. The van der Waals surface area contributed by atoms with Crippen LogP contribution in [0.3, 0.4) is 0 Å². The third-order valence-electron chi connectivity index (χ3n) is 5.16. The molecule has 1 saturated heterocycles. The molecule has 1 aliphatic heterocycles. The first-order valence-electron chi connectivity index (χ1n) is 9.13. The van der Waals surface area contributed by atoms with Crippen molar-refractivity contribution in [2.24, 2.45) is 5.92 Å². The van der Waals surface area contributed by atoms with Gasteiger partial charge in [0.1, 0.15) is 0 Å². The highest BCUT2D eigenvalue weighted by molar-refractivity contribution is 7.17. The topological polar surface area (TPSA) is 53.7 Å². The van der Waals surface area contributed by atoms with Gasteiger partial charge in [0.05, 0.1) is 10.9 Å². The summed E-state index contributed by atoms with van der Waals surface area (Å²) in [6.45, 7) is 6.33. The minimum atomic E-state index is -0.0280. The lowest BCUT2D eigenvalue weighted by atomic mass is 9.95. The second kappa shape index (κ2) is 7.18. The van der Waals surface area contributed by atoms with Crippen molar-refractivity contribution in [3.63, 3.8) is 0 Å². The molecule has 0 spiro atoms. The molecule has 7 heteroatoms. The Bertz CT molecular complexity index is 914. The zero-order chi connectivity index (χ0) is 18.3. The number of hydrogen-bond acceptors (Lipinski definition) is 5. The Morgan fingerprint density at radius 1 is 1.35 bits per heavy atom. The van der Waals surface area contributed by atoms with Crippen molar-refractivity contribution in [2.45, 2.75) is 39.2 Å². The standard InChI is InChI=1S/C19H23ClN4OS/c1-3-15-21-19-24(22-15)18(25)17(26-19)16(13-5-4-6-14(20)11-13)23-9-7-12(2)8-10-23/h4-6,11-12,16,25H,3,7-10H2,1-2H3/t16-/m1/s1. The summed E-state index contributed by atoms with van der Waals surface area (Å²) >= 11 is 7.79. The van der Waals surface area contributed by atoms with E-state index < -0.39 is 0 Å². The van der Waals surface area contributed by atoms with Gasteiger partial charge in [-0.1, -0.05) is 48.9 Å². The molecule has 5 nitrogen and oxygen atoms in total. The fraction of sp³-hybridized carbons (Fsp3) is 0.474. The lowest BCUT2D eigenvalue weighted by Crippen LogP contribution is -2.36. The summed E-state index contributed by atoms with van der Waals surface area (Å²) < 4.78 is 1.57. The van der Waals surface area contributed by atoms with Gasteiger partial charge >= 0.3 is 0 Å². The Morgan fingerprint density at radius 3 is 2.77 bits per heavy atom. The summed E-state index contributed by atoms with van der Waals surface area (Å²) in [4.78, 5) is 8.60. The maximum Gasteiger partial charge on any atom is 0.230 e. The number of nitrogens with zero attached hydrogens (tertiary/aromatic N) is 4. The van der Waals surface area contributed by atoms with E-state index in [1.54, 1.807) is 4.52 Å². The first-order chi connectivity index (χ1) is 12.6. The van der Waals surface area contributed by atoms with Crippen molar-refractivity contribution >= 4 is 27.9 Å². The molecule has 0 amide bonds. The van der Waals surface area contributed by atoms with Gasteiger partial charge in [-0.2, -0.15) is 4.52 Å². The van der Waals surface area contributed by atoms with E-state index >= 15 is 0 Å². The molecule has 2 aromatic heterocycles. The number of aromatic hydroxyl groups is 1. The highest BCUT2D eigenvalue weighted by atomic mass is 35.5. The molecule has 4 rings (SSSR count). The average molecular weight is 391 g/mol. The molecule has 0 unspecified atom stereocenters. The molecule has 1 atom stereocenters. The zero-order valence-electron chi connectivity index (χ0n) is 15.0. The van der Waals surface area contributed by atoms with E-state index in [-0.39, 0.29) is 11.9 Å². The normalized spacial score (nSPS) is 17.8. The van der Waals surface area contributed by atoms with Crippen LogP contribution >= 0.6 is 22.9 Å². The van der Waals surface area contributed by atoms with Crippen molar-refractivity contribution in [3.8, 4) is 5.88 Å². The summed E-state index contributed by atoms with van der Waals surface area (Å²) in [5, 5.41) is 16.0. The Balaban J connectivity index is 1.79. The smallest absolute Gasteiger partial charge is 0.230 e. The summed E-state index contributed by atoms with van der Waals surface area (Å²) in [6, 6.07) is 7.91. The molecule has 138 valence electrons. The van der Waals surface area contributed by atoms with Crippen LogP contribution in [-0.2, 0) is 6.42 Å². The predicted molar refractivity (Wildman–Crippen MR) is 105 cm³/mol. The number of benzene rings is 1. The van der Waals surface area contributed by atoms with Crippen LogP contribution in [-0.4, -0.2) is 37.7 Å². The van der Waals surface area contributed by atoms with Crippen LogP contribution in [0.1, 0.15) is 49.0 Å². The van der Waals surface area contributed by atoms with Crippen molar-refractivity contribution in [2.75, 3.05) is 13.1 Å². The number of rotatable bonds is 4. The third kappa shape index (κ3) is 3.21. The SMILES string of the molecule is CCc1nc2sc([C@@H](c3cccc(Cl)c3)N3CCC(C)CC3)c(O)n2n1. The zero-order valence-corrected chi connectivity index (χ0v) is 16.6. The molecule has 1 aromatic carbocycles. The van der Waals surface area contributed by atoms with Crippen LogP contribution in [0, 0.1) is 5.92 Å². The lowest BCUT2D eigenvalue weighted by Gasteiger charge is -2.36. The molecule has 0 saturated carbocycles. The van der Waals surface area contributed by atoms with E-state index in [1.165, 1.54) is 24.2 Å². The van der Waals surface area contributed by atoms with Crippen LogP contribution in [0.5, 0.6) is 5.88 Å². The van der Waals surface area contributed by atoms with Crippen molar-refractivity contribution in [1.29, 1.82) is 0 Å². The Kier molecular flexibility index (Phi) is 4.90. The van der Waals surface area contributed by atoms with Crippen LogP contribution in [0.15, 0.2) is 24.3 Å². The predicted octanol–water partition coefficient (Wildman–Crippen LogP) is 4.53. The molecular formula is C19H23ClN4OS. The average Bonchev–Trinajstić information content (AvgIpc) is 3.17. The third-order valence-corrected chi connectivity index (χ3v) is 6.46. The van der Waals surface area contributed by atoms with E-state index in [4.69, 9.17) is 11.6 Å². The first kappa shape index (κ1) is 17.8. The van der Waals surface area contributed by atoms with E-state index in [0.717, 1.165) is 46.7 Å². The number of aryl methyl sites for hydroxylation is 1. The summed E-state index contributed by atoms with van der Waals surface area (Å²) in [7, 11) is 0. The monoisotopic (exact) mass is 390 g/mol. The van der Waals surface area contributed by atoms with Gasteiger partial charge in [0.25, 0.3) is 0 Å². The lowest BCUT2D eigenvalue weighted by molar-refractivity contribution is 0.157. The second-order valence-electron chi connectivity index (χ2n) is 7.04. The van der Waals surface area contributed by atoms with Crippen LogP contribution in [0.4, 0.5) is 0 Å². The van der Waals surface area contributed by atoms with Crippen LogP contribution < -0.4 is 0 Å². The molecule has 3 aromatic rings. The van der Waals surface area contributed by atoms with Gasteiger partial charge in [0, 0.05) is 11.4 Å². The Morgan fingerprint density at radius 2 is 2.12 bits per heavy atom. The number of thiazole rings is 1. The number of hydrogen-bond donors (Lipinski definition) is 1. The fourth-order valence-corrected chi connectivity index (χ4v) is 4.94. The van der Waals surface area contributed by atoms with Gasteiger partial charge < -0.3 is 5.11 Å². The summed E-state index contributed by atoms with van der Waals surface area (Å²) in [6.07, 6.45) is 3.09. The van der Waals surface area contributed by atoms with Gasteiger partial charge in [0.2, 0.25) is 10.8 Å². The van der Waals surface area contributed by atoms with Gasteiger partial charge in [-0.05, 0) is 49.5 Å². The maximum atomic E-state index is 10.9. The van der Waals surface area contributed by atoms with Gasteiger partial charge in [-0.25, -0.2) is 4.98 Å². The number of likely N-dealkylation sites (tertiary alicyclic amines) is 1. The molecule has 3 heterocycles. The highest BCUT2D eigenvalue weighted by Crippen LogP contribution is 2.41. The fourth-order valence-electron chi connectivity index (χ4n) is 3.61. The van der Waals surface area contributed by atoms with Gasteiger partial charge in [0.15, 0.2) is 5.82 Å². The van der Waals surface area contributed by atoms with Crippen LogP contribution in [0.25, 0.3) is 4.96 Å². The largest absolute Gasteiger partial charge is 0.492 e. The molecule has 0 aliphatic carbocycles. The van der Waals surface area contributed by atoms with Gasteiger partial charge in [-0.15, -0.1) is 5.10 Å². The summed E-state index contributed by atoms with van der Waals surface area (Å²) in [5.41, 5.74) is 1.10. The molecule has 0 bridgehead atoms. The van der Waals surface area contributed by atoms with Crippen molar-refractivity contribution in [1.82, 2.24) is 19.5 Å². The Hall–Kier alpha value is -1.63.